The van der Waals surface area contributed by atoms with E-state index in [1.54, 1.807) is 0 Å². The first kappa shape index (κ1) is 11.8. The summed E-state index contributed by atoms with van der Waals surface area (Å²) in [7, 11) is 0. The Morgan fingerprint density at radius 1 is 1.06 bits per heavy atom. The quantitative estimate of drug-likeness (QED) is 0.634. The molecule has 0 saturated carbocycles. The van der Waals surface area contributed by atoms with Crippen molar-refractivity contribution < 1.29 is 0 Å². The van der Waals surface area contributed by atoms with Gasteiger partial charge in [-0.3, -0.25) is 0 Å². The molecule has 0 bridgehead atoms. The van der Waals surface area contributed by atoms with Crippen LogP contribution in [-0.2, 0) is 5.88 Å². The molecule has 0 radical (unpaired) electrons. The van der Waals surface area contributed by atoms with Crippen molar-refractivity contribution in [1.29, 1.82) is 0 Å². The van der Waals surface area contributed by atoms with E-state index < -0.39 is 0 Å². The third-order valence-corrected chi connectivity index (χ3v) is 3.60. The number of hydrogen-bond donors (Lipinski definition) is 0. The van der Waals surface area contributed by atoms with Crippen LogP contribution in [0, 0.1) is 0 Å². The van der Waals surface area contributed by atoms with Gasteiger partial charge in [-0.2, -0.15) is 5.10 Å². The molecule has 18 heavy (non-hydrogen) atoms. The van der Waals surface area contributed by atoms with Gasteiger partial charge in [-0.25, -0.2) is 4.68 Å². The molecule has 0 spiro atoms. The highest BCUT2D eigenvalue weighted by Gasteiger charge is 2.02. The Bertz CT molecular complexity index is 706. The fourth-order valence-electron chi connectivity index (χ4n) is 1.92. The molecule has 1 aromatic heterocycles. The van der Waals surface area contributed by atoms with Crippen LogP contribution in [0.2, 0.25) is 0 Å². The molecule has 3 rings (SSSR count). The van der Waals surface area contributed by atoms with Crippen molar-refractivity contribution in [3.63, 3.8) is 0 Å². The first-order valence-corrected chi connectivity index (χ1v) is 6.89. The van der Waals surface area contributed by atoms with Crippen LogP contribution in [0.3, 0.4) is 0 Å². The summed E-state index contributed by atoms with van der Waals surface area (Å²) in [6, 6.07) is 14.4. The first-order chi connectivity index (χ1) is 8.76. The van der Waals surface area contributed by atoms with Gasteiger partial charge in [0.15, 0.2) is 0 Å². The van der Waals surface area contributed by atoms with Gasteiger partial charge in [-0.15, -0.1) is 11.6 Å². The predicted octanol–water partition coefficient (Wildman–Crippen LogP) is 4.53. The number of rotatable bonds is 2. The van der Waals surface area contributed by atoms with E-state index in [-0.39, 0.29) is 0 Å². The van der Waals surface area contributed by atoms with E-state index in [1.165, 1.54) is 10.8 Å². The lowest BCUT2D eigenvalue weighted by Gasteiger charge is -2.04. The Kier molecular flexibility index (Phi) is 3.10. The molecule has 1 heterocycles. The molecule has 0 amide bonds. The van der Waals surface area contributed by atoms with Crippen molar-refractivity contribution in [3.05, 3.63) is 58.8 Å². The molecule has 2 nitrogen and oxygen atoms in total. The number of fused-ring (bicyclic) bond motifs is 1. The first-order valence-electron chi connectivity index (χ1n) is 5.56. The zero-order chi connectivity index (χ0) is 12.5. The molecule has 3 aromatic rings. The SMILES string of the molecule is ClCc1ccn(-c2ccc3cc(Br)ccc3c2)n1. The van der Waals surface area contributed by atoms with Gasteiger partial charge in [-0.1, -0.05) is 28.1 Å². The molecule has 0 atom stereocenters. The molecule has 90 valence electrons. The zero-order valence-electron chi connectivity index (χ0n) is 9.48. The van der Waals surface area contributed by atoms with Gasteiger partial charge in [0.2, 0.25) is 0 Å². The summed E-state index contributed by atoms with van der Waals surface area (Å²) < 4.78 is 2.94. The predicted molar refractivity (Wildman–Crippen MR) is 78.3 cm³/mol. The van der Waals surface area contributed by atoms with Crippen molar-refractivity contribution >= 4 is 38.3 Å². The van der Waals surface area contributed by atoms with E-state index >= 15 is 0 Å². The highest BCUT2D eigenvalue weighted by atomic mass is 79.9. The van der Waals surface area contributed by atoms with Gasteiger partial charge in [0.25, 0.3) is 0 Å². The molecule has 0 aliphatic rings. The van der Waals surface area contributed by atoms with E-state index in [4.69, 9.17) is 11.6 Å². The van der Waals surface area contributed by atoms with E-state index in [0.29, 0.717) is 5.88 Å². The van der Waals surface area contributed by atoms with Gasteiger partial charge in [0.1, 0.15) is 0 Å². The third-order valence-electron chi connectivity index (χ3n) is 2.83. The molecule has 4 heteroatoms. The van der Waals surface area contributed by atoms with Crippen molar-refractivity contribution in [2.75, 3.05) is 0 Å². The fraction of sp³-hybridized carbons (Fsp3) is 0.0714. The maximum absolute atomic E-state index is 5.76. The summed E-state index contributed by atoms with van der Waals surface area (Å²) in [6.07, 6.45) is 1.93. The topological polar surface area (TPSA) is 17.8 Å². The van der Waals surface area contributed by atoms with Crippen LogP contribution in [0.1, 0.15) is 5.69 Å². The van der Waals surface area contributed by atoms with Gasteiger partial charge in [0, 0.05) is 10.7 Å². The fourth-order valence-corrected chi connectivity index (χ4v) is 2.44. The minimum atomic E-state index is 0.438. The van der Waals surface area contributed by atoms with Crippen LogP contribution >= 0.6 is 27.5 Å². The van der Waals surface area contributed by atoms with E-state index in [0.717, 1.165) is 15.9 Å². The van der Waals surface area contributed by atoms with Crippen LogP contribution in [-0.4, -0.2) is 9.78 Å². The molecule has 0 N–H and O–H groups in total. The Hall–Kier alpha value is -1.32. The lowest BCUT2D eigenvalue weighted by Crippen LogP contribution is -1.95. The maximum Gasteiger partial charge on any atom is 0.0776 e. The Labute approximate surface area is 118 Å². The molecular formula is C14H10BrClN2. The van der Waals surface area contributed by atoms with Crippen LogP contribution in [0.5, 0.6) is 0 Å². The smallest absolute Gasteiger partial charge is 0.0776 e. The Morgan fingerprint density at radius 2 is 1.83 bits per heavy atom. The second-order valence-corrected chi connectivity index (χ2v) is 5.24. The average molecular weight is 322 g/mol. The highest BCUT2D eigenvalue weighted by molar-refractivity contribution is 9.10. The van der Waals surface area contributed by atoms with Gasteiger partial charge in [0.05, 0.1) is 17.3 Å². The molecule has 0 saturated heterocycles. The van der Waals surface area contributed by atoms with Gasteiger partial charge >= 0.3 is 0 Å². The number of alkyl halides is 1. The number of nitrogens with zero attached hydrogens (tertiary/aromatic N) is 2. The van der Waals surface area contributed by atoms with Crippen molar-refractivity contribution in [2.45, 2.75) is 5.88 Å². The third kappa shape index (κ3) is 2.16. The monoisotopic (exact) mass is 320 g/mol. The van der Waals surface area contributed by atoms with Gasteiger partial charge < -0.3 is 0 Å². The minimum Gasteiger partial charge on any atom is -0.241 e. The molecule has 0 unspecified atom stereocenters. The number of aromatic nitrogens is 2. The second kappa shape index (κ2) is 4.75. The lowest BCUT2D eigenvalue weighted by molar-refractivity contribution is 0.860. The number of halogens is 2. The highest BCUT2D eigenvalue weighted by Crippen LogP contribution is 2.22. The summed E-state index contributed by atoms with van der Waals surface area (Å²) in [4.78, 5) is 0. The number of hydrogen-bond acceptors (Lipinski definition) is 1. The molecule has 2 aromatic carbocycles. The second-order valence-electron chi connectivity index (χ2n) is 4.06. The summed E-state index contributed by atoms with van der Waals surface area (Å²) >= 11 is 9.24. The normalized spacial score (nSPS) is 11.0. The van der Waals surface area contributed by atoms with E-state index in [1.807, 2.05) is 23.0 Å². The van der Waals surface area contributed by atoms with Crippen LogP contribution in [0.25, 0.3) is 16.5 Å². The Morgan fingerprint density at radius 3 is 2.61 bits per heavy atom. The summed E-state index contributed by atoms with van der Waals surface area (Å²) in [5.41, 5.74) is 1.92. The lowest BCUT2D eigenvalue weighted by atomic mass is 10.1. The van der Waals surface area contributed by atoms with Crippen LogP contribution in [0.15, 0.2) is 53.1 Å². The maximum atomic E-state index is 5.76. The minimum absolute atomic E-state index is 0.438. The largest absolute Gasteiger partial charge is 0.241 e. The van der Waals surface area contributed by atoms with Crippen LogP contribution in [0.4, 0.5) is 0 Å². The van der Waals surface area contributed by atoms with E-state index in [2.05, 4.69) is 51.4 Å². The van der Waals surface area contributed by atoms with E-state index in [9.17, 15) is 0 Å². The number of benzene rings is 2. The molecular weight excluding hydrogens is 312 g/mol. The molecule has 0 aliphatic carbocycles. The zero-order valence-corrected chi connectivity index (χ0v) is 11.8. The average Bonchev–Trinajstić information content (AvgIpc) is 2.87. The van der Waals surface area contributed by atoms with Crippen molar-refractivity contribution in [1.82, 2.24) is 9.78 Å². The van der Waals surface area contributed by atoms with Gasteiger partial charge in [-0.05, 0) is 41.1 Å². The molecule has 0 aliphatic heterocycles. The van der Waals surface area contributed by atoms with Crippen molar-refractivity contribution in [2.24, 2.45) is 0 Å². The summed E-state index contributed by atoms with van der Waals surface area (Å²) in [5.74, 6) is 0.438. The summed E-state index contributed by atoms with van der Waals surface area (Å²) in [6.45, 7) is 0. The van der Waals surface area contributed by atoms with Crippen LogP contribution < -0.4 is 0 Å². The summed E-state index contributed by atoms with van der Waals surface area (Å²) in [5, 5.41) is 6.80. The Balaban J connectivity index is 2.10. The van der Waals surface area contributed by atoms with Crippen molar-refractivity contribution in [3.8, 4) is 5.69 Å². The molecule has 0 fully saturated rings. The standard InChI is InChI=1S/C14H10BrClN2/c15-12-3-1-11-8-14(4-2-10(11)7-12)18-6-5-13(9-16)17-18/h1-8H,9H2.